The number of ketones is 1. The molecule has 0 fully saturated rings. The van der Waals surface area contributed by atoms with E-state index in [-0.39, 0.29) is 5.78 Å². The summed E-state index contributed by atoms with van der Waals surface area (Å²) in [5, 5.41) is 4.23. The fourth-order valence-corrected chi connectivity index (χ4v) is 1.82. The molecule has 0 bridgehead atoms. The van der Waals surface area contributed by atoms with Crippen LogP contribution < -0.4 is 0 Å². The number of nitrogens with zero attached hydrogens (tertiary/aromatic N) is 3. The molecule has 0 aliphatic heterocycles. The molecule has 0 spiro atoms. The first-order chi connectivity index (χ1) is 8.15. The average molecular weight is 229 g/mol. The quantitative estimate of drug-likeness (QED) is 0.797. The van der Waals surface area contributed by atoms with E-state index in [9.17, 15) is 4.79 Å². The maximum atomic E-state index is 11.9. The zero-order chi connectivity index (χ0) is 12.3. The van der Waals surface area contributed by atoms with Gasteiger partial charge in [0.2, 0.25) is 0 Å². The molecule has 0 radical (unpaired) electrons. The van der Waals surface area contributed by atoms with Gasteiger partial charge in [-0.2, -0.15) is 5.10 Å². The van der Waals surface area contributed by atoms with Gasteiger partial charge in [0.15, 0.2) is 0 Å². The molecule has 0 aliphatic carbocycles. The van der Waals surface area contributed by atoms with E-state index in [1.54, 1.807) is 17.1 Å². The minimum atomic E-state index is 0.194. The highest BCUT2D eigenvalue weighted by Crippen LogP contribution is 2.06. The van der Waals surface area contributed by atoms with Gasteiger partial charge in [-0.05, 0) is 30.7 Å². The van der Waals surface area contributed by atoms with Crippen LogP contribution in [0.5, 0.6) is 0 Å². The summed E-state index contributed by atoms with van der Waals surface area (Å²) < 4.78 is 1.76. The second kappa shape index (κ2) is 4.91. The average Bonchev–Trinajstić information content (AvgIpc) is 2.58. The number of hydrogen-bond donors (Lipinski definition) is 0. The van der Waals surface area contributed by atoms with E-state index in [0.29, 0.717) is 12.8 Å². The van der Waals surface area contributed by atoms with Crippen molar-refractivity contribution in [3.63, 3.8) is 0 Å². The molecule has 2 heterocycles. The predicted molar refractivity (Wildman–Crippen MR) is 64.6 cm³/mol. The molecule has 4 nitrogen and oxygen atoms in total. The van der Waals surface area contributed by atoms with Crippen molar-refractivity contribution in [3.8, 4) is 0 Å². The molecule has 2 aromatic heterocycles. The van der Waals surface area contributed by atoms with Crippen molar-refractivity contribution in [2.45, 2.75) is 19.8 Å². The topological polar surface area (TPSA) is 47.8 Å². The first-order valence-corrected chi connectivity index (χ1v) is 5.55. The molecule has 0 aliphatic rings. The highest BCUT2D eigenvalue weighted by atomic mass is 16.1. The summed E-state index contributed by atoms with van der Waals surface area (Å²) in [5.74, 6) is 0.194. The number of carbonyl (C=O) groups is 1. The molecular weight excluding hydrogens is 214 g/mol. The Morgan fingerprint density at radius 3 is 2.59 bits per heavy atom. The lowest BCUT2D eigenvalue weighted by molar-refractivity contribution is -0.117. The molecule has 2 aromatic rings. The third kappa shape index (κ3) is 3.00. The molecule has 0 saturated heterocycles. The van der Waals surface area contributed by atoms with Crippen molar-refractivity contribution in [1.29, 1.82) is 0 Å². The monoisotopic (exact) mass is 229 g/mol. The van der Waals surface area contributed by atoms with Gasteiger partial charge < -0.3 is 0 Å². The molecule has 4 heteroatoms. The maximum Gasteiger partial charge on any atom is 0.143 e. The van der Waals surface area contributed by atoms with Crippen molar-refractivity contribution in [2.75, 3.05) is 0 Å². The molecule has 88 valence electrons. The van der Waals surface area contributed by atoms with Gasteiger partial charge in [0.05, 0.1) is 5.69 Å². The van der Waals surface area contributed by atoms with Crippen LogP contribution in [-0.2, 0) is 24.7 Å². The van der Waals surface area contributed by atoms with E-state index < -0.39 is 0 Å². The first-order valence-electron chi connectivity index (χ1n) is 5.55. The molecule has 0 N–H and O–H groups in total. The lowest BCUT2D eigenvalue weighted by Crippen LogP contribution is -2.10. The zero-order valence-electron chi connectivity index (χ0n) is 10.1. The lowest BCUT2D eigenvalue weighted by Gasteiger charge is -2.01. The Bertz CT molecular complexity index is 517. The van der Waals surface area contributed by atoms with Crippen LogP contribution in [0.4, 0.5) is 0 Å². The Morgan fingerprint density at radius 1 is 1.29 bits per heavy atom. The summed E-state index contributed by atoms with van der Waals surface area (Å²) in [6, 6.07) is 5.68. The number of hydrogen-bond acceptors (Lipinski definition) is 3. The van der Waals surface area contributed by atoms with E-state index in [0.717, 1.165) is 17.0 Å². The first kappa shape index (κ1) is 11.5. The number of rotatable bonds is 4. The van der Waals surface area contributed by atoms with E-state index in [2.05, 4.69) is 10.1 Å². The van der Waals surface area contributed by atoms with Gasteiger partial charge in [-0.25, -0.2) is 0 Å². The Hall–Kier alpha value is -1.97. The second-order valence-corrected chi connectivity index (χ2v) is 4.15. The number of aryl methyl sites for hydroxylation is 2. The number of pyridine rings is 1. The Morgan fingerprint density at radius 2 is 2.00 bits per heavy atom. The van der Waals surface area contributed by atoms with Gasteiger partial charge >= 0.3 is 0 Å². The summed E-state index contributed by atoms with van der Waals surface area (Å²) in [5.41, 5.74) is 2.91. The summed E-state index contributed by atoms with van der Waals surface area (Å²) in [7, 11) is 1.86. The SMILES string of the molecule is Cc1cc(CC(=O)Cc2ccncc2)n(C)n1. The number of Topliss-reactive ketones (excluding diaryl/α,β-unsaturated/α-hetero) is 1. The van der Waals surface area contributed by atoms with Crippen molar-refractivity contribution in [2.24, 2.45) is 7.05 Å². The van der Waals surface area contributed by atoms with Gasteiger partial charge in [-0.1, -0.05) is 0 Å². The van der Waals surface area contributed by atoms with Gasteiger partial charge in [0.1, 0.15) is 5.78 Å². The third-order valence-electron chi connectivity index (χ3n) is 2.63. The van der Waals surface area contributed by atoms with Crippen LogP contribution in [-0.4, -0.2) is 20.5 Å². The van der Waals surface area contributed by atoms with Crippen LogP contribution in [0.25, 0.3) is 0 Å². The largest absolute Gasteiger partial charge is 0.299 e. The van der Waals surface area contributed by atoms with Gasteiger partial charge in [-0.15, -0.1) is 0 Å². The van der Waals surface area contributed by atoms with Crippen LogP contribution in [0.2, 0.25) is 0 Å². The van der Waals surface area contributed by atoms with Gasteiger partial charge in [-0.3, -0.25) is 14.5 Å². The van der Waals surface area contributed by atoms with E-state index >= 15 is 0 Å². The van der Waals surface area contributed by atoms with Crippen LogP contribution >= 0.6 is 0 Å². The van der Waals surface area contributed by atoms with E-state index in [1.807, 2.05) is 32.2 Å². The molecule has 0 saturated carbocycles. The van der Waals surface area contributed by atoms with Crippen molar-refractivity contribution >= 4 is 5.78 Å². The molecule has 0 amide bonds. The fourth-order valence-electron chi connectivity index (χ4n) is 1.82. The normalized spacial score (nSPS) is 10.5. The molecule has 2 rings (SSSR count). The lowest BCUT2D eigenvalue weighted by atomic mass is 10.1. The summed E-state index contributed by atoms with van der Waals surface area (Å²) >= 11 is 0. The van der Waals surface area contributed by atoms with Crippen molar-refractivity contribution in [3.05, 3.63) is 47.5 Å². The second-order valence-electron chi connectivity index (χ2n) is 4.15. The van der Waals surface area contributed by atoms with Gasteiger partial charge in [0, 0.05) is 38.0 Å². The Labute approximate surface area is 100 Å². The molecule has 0 atom stereocenters. The smallest absolute Gasteiger partial charge is 0.143 e. The predicted octanol–water partition coefficient (Wildman–Crippen LogP) is 1.48. The molecule has 17 heavy (non-hydrogen) atoms. The van der Waals surface area contributed by atoms with E-state index in [4.69, 9.17) is 0 Å². The standard InChI is InChI=1S/C13H15N3O/c1-10-7-12(16(2)15-10)9-13(17)8-11-3-5-14-6-4-11/h3-7H,8-9H2,1-2H3. The van der Waals surface area contributed by atoms with Crippen LogP contribution in [0.1, 0.15) is 17.0 Å². The van der Waals surface area contributed by atoms with Crippen LogP contribution in [0.3, 0.4) is 0 Å². The number of carbonyl (C=O) groups excluding carboxylic acids is 1. The summed E-state index contributed by atoms with van der Waals surface area (Å²) in [6.07, 6.45) is 4.29. The maximum absolute atomic E-state index is 11.9. The Kier molecular flexibility index (Phi) is 3.32. The minimum absolute atomic E-state index is 0.194. The highest BCUT2D eigenvalue weighted by molar-refractivity contribution is 5.82. The zero-order valence-corrected chi connectivity index (χ0v) is 10.1. The fraction of sp³-hybridized carbons (Fsp3) is 0.308. The molecule has 0 unspecified atom stereocenters. The van der Waals surface area contributed by atoms with Crippen molar-refractivity contribution < 1.29 is 4.79 Å². The van der Waals surface area contributed by atoms with Gasteiger partial charge in [0.25, 0.3) is 0 Å². The summed E-state index contributed by atoms with van der Waals surface area (Å²) in [6.45, 7) is 1.93. The third-order valence-corrected chi connectivity index (χ3v) is 2.63. The highest BCUT2D eigenvalue weighted by Gasteiger charge is 2.09. The van der Waals surface area contributed by atoms with Crippen LogP contribution in [0, 0.1) is 6.92 Å². The van der Waals surface area contributed by atoms with Crippen LogP contribution in [0.15, 0.2) is 30.6 Å². The summed E-state index contributed by atoms with van der Waals surface area (Å²) in [4.78, 5) is 15.8. The molecular formula is C13H15N3O. The van der Waals surface area contributed by atoms with E-state index in [1.165, 1.54) is 0 Å². The number of aromatic nitrogens is 3. The minimum Gasteiger partial charge on any atom is -0.299 e. The molecule has 0 aromatic carbocycles. The Balaban J connectivity index is 2.01. The van der Waals surface area contributed by atoms with Crippen molar-refractivity contribution in [1.82, 2.24) is 14.8 Å².